The van der Waals surface area contributed by atoms with Gasteiger partial charge in [0.15, 0.2) is 0 Å². The van der Waals surface area contributed by atoms with Crippen LogP contribution in [0.25, 0.3) is 0 Å². The average Bonchev–Trinajstić information content (AvgIpc) is 2.37. The Labute approximate surface area is 125 Å². The first-order chi connectivity index (χ1) is 10.00. The molecular formula is C14H21N3O3S. The molecule has 1 aromatic rings. The van der Waals surface area contributed by atoms with E-state index in [0.29, 0.717) is 30.1 Å². The van der Waals surface area contributed by atoms with Gasteiger partial charge in [0.1, 0.15) is 0 Å². The van der Waals surface area contributed by atoms with Crippen molar-refractivity contribution in [3.05, 3.63) is 29.8 Å². The van der Waals surface area contributed by atoms with Gasteiger partial charge in [-0.2, -0.15) is 0 Å². The molecule has 0 atom stereocenters. The van der Waals surface area contributed by atoms with Crippen molar-refractivity contribution in [1.82, 2.24) is 10.6 Å². The molecule has 3 N–H and O–H groups in total. The fourth-order valence-corrected chi connectivity index (χ4v) is 3.16. The quantitative estimate of drug-likeness (QED) is 0.695. The minimum Gasteiger partial charge on any atom is -0.352 e. The molecule has 0 radical (unpaired) electrons. The second kappa shape index (κ2) is 6.91. The van der Waals surface area contributed by atoms with E-state index in [1.165, 1.54) is 0 Å². The van der Waals surface area contributed by atoms with Gasteiger partial charge in [-0.25, -0.2) is 8.42 Å². The van der Waals surface area contributed by atoms with Gasteiger partial charge in [0.25, 0.3) is 5.91 Å². The van der Waals surface area contributed by atoms with Crippen LogP contribution in [0.1, 0.15) is 23.7 Å². The number of rotatable bonds is 7. The first-order valence-electron chi connectivity index (χ1n) is 7.09. The monoisotopic (exact) mass is 311 g/mol. The Hall–Kier alpha value is -1.60. The highest BCUT2D eigenvalue weighted by Gasteiger charge is 2.17. The van der Waals surface area contributed by atoms with Crippen molar-refractivity contribution in [3.8, 4) is 0 Å². The SMILES string of the molecule is CCCS(=O)(=O)Nc1ccc(C(=O)NCC2CNC2)cc1. The first kappa shape index (κ1) is 15.8. The van der Waals surface area contributed by atoms with E-state index in [-0.39, 0.29) is 11.7 Å². The van der Waals surface area contributed by atoms with Crippen LogP contribution in [0.4, 0.5) is 5.69 Å². The average molecular weight is 311 g/mol. The summed E-state index contributed by atoms with van der Waals surface area (Å²) in [5.41, 5.74) is 1.00. The van der Waals surface area contributed by atoms with Crippen LogP contribution in [0, 0.1) is 5.92 Å². The zero-order valence-corrected chi connectivity index (χ0v) is 12.9. The highest BCUT2D eigenvalue weighted by atomic mass is 32.2. The van der Waals surface area contributed by atoms with Crippen molar-refractivity contribution in [2.24, 2.45) is 5.92 Å². The van der Waals surface area contributed by atoms with Crippen LogP contribution in [0.2, 0.25) is 0 Å². The van der Waals surface area contributed by atoms with Gasteiger partial charge >= 0.3 is 0 Å². The lowest BCUT2D eigenvalue weighted by Gasteiger charge is -2.27. The molecule has 7 heteroatoms. The zero-order chi connectivity index (χ0) is 15.3. The van der Waals surface area contributed by atoms with E-state index in [2.05, 4.69) is 15.4 Å². The van der Waals surface area contributed by atoms with Crippen molar-refractivity contribution >= 4 is 21.6 Å². The van der Waals surface area contributed by atoms with E-state index < -0.39 is 10.0 Å². The van der Waals surface area contributed by atoms with Crippen LogP contribution < -0.4 is 15.4 Å². The molecule has 0 unspecified atom stereocenters. The summed E-state index contributed by atoms with van der Waals surface area (Å²) >= 11 is 0. The largest absolute Gasteiger partial charge is 0.352 e. The van der Waals surface area contributed by atoms with Gasteiger partial charge in [0, 0.05) is 36.8 Å². The Morgan fingerprint density at radius 1 is 1.29 bits per heavy atom. The molecule has 1 heterocycles. The predicted octanol–water partition coefficient (Wildman–Crippen LogP) is 0.788. The molecule has 0 aliphatic carbocycles. The molecule has 0 saturated carbocycles. The number of hydrogen-bond acceptors (Lipinski definition) is 4. The second-order valence-corrected chi connectivity index (χ2v) is 7.07. The maximum absolute atomic E-state index is 11.9. The van der Waals surface area contributed by atoms with Crippen molar-refractivity contribution in [3.63, 3.8) is 0 Å². The normalized spacial score (nSPS) is 15.3. The van der Waals surface area contributed by atoms with E-state index in [4.69, 9.17) is 0 Å². The Morgan fingerprint density at radius 3 is 2.48 bits per heavy atom. The molecule has 2 rings (SSSR count). The van der Waals surface area contributed by atoms with Gasteiger partial charge in [0.2, 0.25) is 10.0 Å². The number of carbonyl (C=O) groups excluding carboxylic acids is 1. The highest BCUT2D eigenvalue weighted by Crippen LogP contribution is 2.12. The molecule has 1 aliphatic rings. The molecule has 116 valence electrons. The van der Waals surface area contributed by atoms with Gasteiger partial charge in [0.05, 0.1) is 5.75 Å². The number of benzene rings is 1. The minimum absolute atomic E-state index is 0.0880. The number of carbonyl (C=O) groups is 1. The Bertz CT molecular complexity index is 580. The summed E-state index contributed by atoms with van der Waals surface area (Å²) in [7, 11) is -3.29. The van der Waals surface area contributed by atoms with Crippen molar-refractivity contribution in [1.29, 1.82) is 0 Å². The fraction of sp³-hybridized carbons (Fsp3) is 0.500. The van der Waals surface area contributed by atoms with Crippen molar-refractivity contribution < 1.29 is 13.2 Å². The number of sulfonamides is 1. The molecule has 1 aromatic carbocycles. The second-order valence-electron chi connectivity index (χ2n) is 5.23. The Kier molecular flexibility index (Phi) is 5.19. The van der Waals surface area contributed by atoms with E-state index in [9.17, 15) is 13.2 Å². The maximum atomic E-state index is 11.9. The van der Waals surface area contributed by atoms with E-state index in [1.54, 1.807) is 24.3 Å². The van der Waals surface area contributed by atoms with Gasteiger partial charge in [-0.1, -0.05) is 6.92 Å². The summed E-state index contributed by atoms with van der Waals surface area (Å²) < 4.78 is 25.8. The lowest BCUT2D eigenvalue weighted by Crippen LogP contribution is -2.48. The topological polar surface area (TPSA) is 87.3 Å². The zero-order valence-electron chi connectivity index (χ0n) is 12.1. The van der Waals surface area contributed by atoms with Crippen LogP contribution in [-0.2, 0) is 10.0 Å². The van der Waals surface area contributed by atoms with Crippen LogP contribution in [-0.4, -0.2) is 39.7 Å². The molecule has 0 aromatic heterocycles. The lowest BCUT2D eigenvalue weighted by atomic mass is 10.0. The summed E-state index contributed by atoms with van der Waals surface area (Å²) in [5.74, 6) is 0.462. The summed E-state index contributed by atoms with van der Waals surface area (Å²) in [4.78, 5) is 11.9. The summed E-state index contributed by atoms with van der Waals surface area (Å²) in [6.07, 6.45) is 0.561. The molecule has 1 saturated heterocycles. The highest BCUT2D eigenvalue weighted by molar-refractivity contribution is 7.92. The van der Waals surface area contributed by atoms with Crippen LogP contribution in [0.15, 0.2) is 24.3 Å². The summed E-state index contributed by atoms with van der Waals surface area (Å²) in [5, 5.41) is 6.02. The van der Waals surface area contributed by atoms with Crippen molar-refractivity contribution in [2.45, 2.75) is 13.3 Å². The summed E-state index contributed by atoms with van der Waals surface area (Å²) in [6, 6.07) is 6.45. The number of nitrogens with one attached hydrogen (secondary N) is 3. The first-order valence-corrected chi connectivity index (χ1v) is 8.75. The lowest BCUT2D eigenvalue weighted by molar-refractivity contribution is 0.0942. The van der Waals surface area contributed by atoms with Gasteiger partial charge in [-0.3, -0.25) is 9.52 Å². The van der Waals surface area contributed by atoms with Gasteiger partial charge in [-0.05, 0) is 30.7 Å². The van der Waals surface area contributed by atoms with E-state index in [1.807, 2.05) is 6.92 Å². The minimum atomic E-state index is -3.29. The predicted molar refractivity (Wildman–Crippen MR) is 82.8 cm³/mol. The summed E-state index contributed by atoms with van der Waals surface area (Å²) in [6.45, 7) is 4.36. The molecule has 1 aliphatic heterocycles. The van der Waals surface area contributed by atoms with Gasteiger partial charge in [-0.15, -0.1) is 0 Å². The van der Waals surface area contributed by atoms with Crippen LogP contribution in [0.5, 0.6) is 0 Å². The molecule has 1 amide bonds. The smallest absolute Gasteiger partial charge is 0.251 e. The Balaban J connectivity index is 1.90. The molecule has 0 spiro atoms. The Morgan fingerprint density at radius 2 is 1.95 bits per heavy atom. The third-order valence-corrected chi connectivity index (χ3v) is 4.80. The van der Waals surface area contributed by atoms with Crippen LogP contribution in [0.3, 0.4) is 0 Å². The standard InChI is InChI=1S/C14H21N3O3S/c1-2-7-21(19,20)17-13-5-3-12(4-6-13)14(18)16-10-11-8-15-9-11/h3-6,11,15,17H,2,7-10H2,1H3,(H,16,18). The van der Waals surface area contributed by atoms with E-state index in [0.717, 1.165) is 13.1 Å². The molecular weight excluding hydrogens is 290 g/mol. The molecule has 6 nitrogen and oxygen atoms in total. The van der Waals surface area contributed by atoms with Gasteiger partial charge < -0.3 is 10.6 Å². The number of anilines is 1. The maximum Gasteiger partial charge on any atom is 0.251 e. The van der Waals surface area contributed by atoms with Crippen LogP contribution >= 0.6 is 0 Å². The molecule has 21 heavy (non-hydrogen) atoms. The van der Waals surface area contributed by atoms with Crippen molar-refractivity contribution in [2.75, 3.05) is 30.1 Å². The number of amides is 1. The third-order valence-electron chi connectivity index (χ3n) is 3.31. The number of hydrogen-bond donors (Lipinski definition) is 3. The third kappa shape index (κ3) is 4.71. The molecule has 0 bridgehead atoms. The fourth-order valence-electron chi connectivity index (χ4n) is 2.02. The molecule has 1 fully saturated rings. The van der Waals surface area contributed by atoms with E-state index >= 15 is 0 Å².